The molecule has 1 saturated carbocycles. The second-order valence-corrected chi connectivity index (χ2v) is 4.67. The molecule has 5 heteroatoms. The highest BCUT2D eigenvalue weighted by molar-refractivity contribution is 5.94. The molecule has 98 valence electrons. The number of halogens is 1. The molecule has 1 aromatic rings. The molecule has 0 saturated heterocycles. The highest BCUT2D eigenvalue weighted by atomic mass is 19.1. The lowest BCUT2D eigenvalue weighted by Gasteiger charge is -2.28. The van der Waals surface area contributed by atoms with E-state index in [1.54, 1.807) is 0 Å². The lowest BCUT2D eigenvalue weighted by Crippen LogP contribution is -2.45. The van der Waals surface area contributed by atoms with Crippen molar-refractivity contribution < 1.29 is 14.3 Å². The van der Waals surface area contributed by atoms with Crippen LogP contribution in [-0.4, -0.2) is 23.2 Å². The van der Waals surface area contributed by atoms with E-state index < -0.39 is 11.9 Å². The third kappa shape index (κ3) is 2.79. The van der Waals surface area contributed by atoms with Crippen LogP contribution in [0.5, 0.6) is 0 Å². The normalized spacial score (nSPS) is 23.7. The zero-order valence-electron chi connectivity index (χ0n) is 10.0. The van der Waals surface area contributed by atoms with Crippen LogP contribution in [0.2, 0.25) is 0 Å². The summed E-state index contributed by atoms with van der Waals surface area (Å²) in [4.78, 5) is 11.9. The smallest absolute Gasteiger partial charge is 0.251 e. The molecule has 0 radical (unpaired) electrons. The predicted octanol–water partition coefficient (Wildman–Crippen LogP) is 1.44. The Morgan fingerprint density at radius 2 is 2.11 bits per heavy atom. The molecule has 4 nitrogen and oxygen atoms in total. The van der Waals surface area contributed by atoms with Gasteiger partial charge in [-0.25, -0.2) is 4.39 Å². The summed E-state index contributed by atoms with van der Waals surface area (Å²) in [5.41, 5.74) is 5.59. The van der Waals surface area contributed by atoms with Crippen molar-refractivity contribution >= 4 is 11.6 Å². The quantitative estimate of drug-likeness (QED) is 0.697. The second kappa shape index (κ2) is 5.35. The first-order valence-electron chi connectivity index (χ1n) is 6.12. The number of amides is 1. The van der Waals surface area contributed by atoms with Crippen LogP contribution in [0.4, 0.5) is 10.1 Å². The number of nitrogen functional groups attached to an aromatic ring is 1. The summed E-state index contributed by atoms with van der Waals surface area (Å²) < 4.78 is 13.2. The molecule has 0 aromatic heterocycles. The fraction of sp³-hybridized carbons (Fsp3) is 0.462. The van der Waals surface area contributed by atoms with E-state index >= 15 is 0 Å². The van der Waals surface area contributed by atoms with Crippen LogP contribution in [0, 0.1) is 5.82 Å². The SMILES string of the molecule is Nc1ccc(C(=O)N[C@H]2CCCC[C@@H]2O)cc1F. The van der Waals surface area contributed by atoms with Gasteiger partial charge in [0.15, 0.2) is 0 Å². The molecule has 2 rings (SSSR count). The van der Waals surface area contributed by atoms with Crippen molar-refractivity contribution in [3.05, 3.63) is 29.6 Å². The van der Waals surface area contributed by atoms with E-state index in [4.69, 9.17) is 5.73 Å². The maximum absolute atomic E-state index is 13.2. The summed E-state index contributed by atoms with van der Waals surface area (Å²) in [6.45, 7) is 0. The molecular weight excluding hydrogens is 235 g/mol. The van der Waals surface area contributed by atoms with Crippen LogP contribution in [0.25, 0.3) is 0 Å². The van der Waals surface area contributed by atoms with Gasteiger partial charge in [0, 0.05) is 5.56 Å². The minimum absolute atomic E-state index is 0.0178. The van der Waals surface area contributed by atoms with Crippen LogP contribution < -0.4 is 11.1 Å². The Hall–Kier alpha value is -1.62. The summed E-state index contributed by atoms with van der Waals surface area (Å²) in [5.74, 6) is -0.980. The average Bonchev–Trinajstić information content (AvgIpc) is 2.35. The third-order valence-corrected chi connectivity index (χ3v) is 3.31. The van der Waals surface area contributed by atoms with E-state index in [0.29, 0.717) is 6.42 Å². The minimum Gasteiger partial charge on any atom is -0.396 e. The van der Waals surface area contributed by atoms with E-state index in [1.165, 1.54) is 12.1 Å². The van der Waals surface area contributed by atoms with Gasteiger partial charge in [0.1, 0.15) is 5.82 Å². The van der Waals surface area contributed by atoms with Crippen LogP contribution in [0.1, 0.15) is 36.0 Å². The van der Waals surface area contributed by atoms with Gasteiger partial charge in [-0.15, -0.1) is 0 Å². The number of nitrogens with two attached hydrogens (primary N) is 1. The molecule has 18 heavy (non-hydrogen) atoms. The maximum Gasteiger partial charge on any atom is 0.251 e. The van der Waals surface area contributed by atoms with Gasteiger partial charge in [-0.1, -0.05) is 12.8 Å². The van der Waals surface area contributed by atoms with Crippen molar-refractivity contribution in [2.75, 3.05) is 5.73 Å². The number of benzene rings is 1. The van der Waals surface area contributed by atoms with Crippen molar-refractivity contribution in [2.45, 2.75) is 37.8 Å². The van der Waals surface area contributed by atoms with Gasteiger partial charge in [0.05, 0.1) is 17.8 Å². The Morgan fingerprint density at radius 3 is 2.78 bits per heavy atom. The van der Waals surface area contributed by atoms with Crippen LogP contribution >= 0.6 is 0 Å². The molecule has 0 spiro atoms. The zero-order valence-corrected chi connectivity index (χ0v) is 10.0. The third-order valence-electron chi connectivity index (χ3n) is 3.31. The van der Waals surface area contributed by atoms with Crippen molar-refractivity contribution in [2.24, 2.45) is 0 Å². The number of hydrogen-bond acceptors (Lipinski definition) is 3. The van der Waals surface area contributed by atoms with E-state index in [0.717, 1.165) is 25.3 Å². The molecule has 4 N–H and O–H groups in total. The van der Waals surface area contributed by atoms with E-state index in [2.05, 4.69) is 5.32 Å². The number of nitrogens with one attached hydrogen (secondary N) is 1. The highest BCUT2D eigenvalue weighted by Gasteiger charge is 2.24. The molecule has 0 bridgehead atoms. The van der Waals surface area contributed by atoms with Gasteiger partial charge in [-0.3, -0.25) is 4.79 Å². The van der Waals surface area contributed by atoms with Crippen LogP contribution in [0.15, 0.2) is 18.2 Å². The molecule has 0 aliphatic heterocycles. The molecule has 0 unspecified atom stereocenters. The number of rotatable bonds is 2. The number of carbonyl (C=O) groups is 1. The standard InChI is InChI=1S/C13H17FN2O2/c14-9-7-8(5-6-10(9)15)13(18)16-11-3-1-2-4-12(11)17/h5-7,11-12,17H,1-4,15H2,(H,16,18)/t11-,12-/m0/s1. The summed E-state index contributed by atoms with van der Waals surface area (Å²) in [6.07, 6.45) is 2.90. The highest BCUT2D eigenvalue weighted by Crippen LogP contribution is 2.19. The summed E-state index contributed by atoms with van der Waals surface area (Å²) in [7, 11) is 0. The van der Waals surface area contributed by atoms with Crippen LogP contribution in [0.3, 0.4) is 0 Å². The molecule has 0 heterocycles. The number of anilines is 1. The predicted molar refractivity (Wildman–Crippen MR) is 66.5 cm³/mol. The molecular formula is C13H17FN2O2. The van der Waals surface area contributed by atoms with Crippen LogP contribution in [-0.2, 0) is 0 Å². The van der Waals surface area contributed by atoms with Crippen molar-refractivity contribution in [1.82, 2.24) is 5.32 Å². The average molecular weight is 252 g/mol. The number of aliphatic hydroxyl groups is 1. The van der Waals surface area contributed by atoms with E-state index in [-0.39, 0.29) is 23.2 Å². The first kappa shape index (κ1) is 12.8. The summed E-state index contributed by atoms with van der Waals surface area (Å²) in [5, 5.41) is 12.5. The van der Waals surface area contributed by atoms with Crippen molar-refractivity contribution in [1.29, 1.82) is 0 Å². The van der Waals surface area contributed by atoms with Gasteiger partial charge in [0.2, 0.25) is 0 Å². The molecule has 1 aliphatic carbocycles. The van der Waals surface area contributed by atoms with Gasteiger partial charge < -0.3 is 16.2 Å². The maximum atomic E-state index is 13.2. The fourth-order valence-corrected chi connectivity index (χ4v) is 2.20. The Balaban J connectivity index is 2.04. The van der Waals surface area contributed by atoms with E-state index in [9.17, 15) is 14.3 Å². The first-order chi connectivity index (χ1) is 8.58. The largest absolute Gasteiger partial charge is 0.396 e. The Labute approximate surface area is 105 Å². The topological polar surface area (TPSA) is 75.4 Å². The Kier molecular flexibility index (Phi) is 3.81. The summed E-state index contributed by atoms with van der Waals surface area (Å²) in [6, 6.07) is 3.71. The molecule has 1 aliphatic rings. The van der Waals surface area contributed by atoms with Crippen molar-refractivity contribution in [3.8, 4) is 0 Å². The number of aliphatic hydroxyl groups excluding tert-OH is 1. The Morgan fingerprint density at radius 1 is 1.39 bits per heavy atom. The number of hydrogen-bond donors (Lipinski definition) is 3. The lowest BCUT2D eigenvalue weighted by atomic mass is 9.92. The van der Waals surface area contributed by atoms with Gasteiger partial charge in [-0.05, 0) is 31.0 Å². The molecule has 1 fully saturated rings. The first-order valence-corrected chi connectivity index (χ1v) is 6.12. The molecule has 1 aromatic carbocycles. The lowest BCUT2D eigenvalue weighted by molar-refractivity contribution is 0.0717. The summed E-state index contributed by atoms with van der Waals surface area (Å²) >= 11 is 0. The van der Waals surface area contributed by atoms with Gasteiger partial charge in [0.25, 0.3) is 5.91 Å². The molecule has 2 atom stereocenters. The second-order valence-electron chi connectivity index (χ2n) is 4.67. The fourth-order valence-electron chi connectivity index (χ4n) is 2.20. The zero-order chi connectivity index (χ0) is 13.1. The van der Waals surface area contributed by atoms with Gasteiger partial charge >= 0.3 is 0 Å². The van der Waals surface area contributed by atoms with E-state index in [1.807, 2.05) is 0 Å². The molecule has 1 amide bonds. The number of carbonyl (C=O) groups excluding carboxylic acids is 1. The monoisotopic (exact) mass is 252 g/mol. The minimum atomic E-state index is -0.605. The van der Waals surface area contributed by atoms with Crippen molar-refractivity contribution in [3.63, 3.8) is 0 Å². The Bertz CT molecular complexity index is 451. The van der Waals surface area contributed by atoms with Gasteiger partial charge in [-0.2, -0.15) is 0 Å².